The third kappa shape index (κ3) is 5.23. The number of amides is 1. The first-order valence-corrected chi connectivity index (χ1v) is 9.81. The van der Waals surface area contributed by atoms with Gasteiger partial charge in [0.1, 0.15) is 0 Å². The maximum atomic E-state index is 11.9. The van der Waals surface area contributed by atoms with Crippen molar-refractivity contribution in [1.29, 1.82) is 0 Å². The molecule has 2 N–H and O–H groups in total. The summed E-state index contributed by atoms with van der Waals surface area (Å²) >= 11 is 1.85. The smallest absolute Gasteiger partial charge is 0.222 e. The average Bonchev–Trinajstić information content (AvgIpc) is 3.23. The van der Waals surface area contributed by atoms with E-state index in [9.17, 15) is 4.79 Å². The Morgan fingerprint density at radius 3 is 2.71 bits per heavy atom. The number of nitrogens with zero attached hydrogens (tertiary/aromatic N) is 2. The normalized spacial score (nSPS) is 16.5. The molecule has 0 bridgehead atoms. The van der Waals surface area contributed by atoms with Gasteiger partial charge in [-0.3, -0.25) is 9.79 Å². The van der Waals surface area contributed by atoms with Crippen LogP contribution in [0.5, 0.6) is 0 Å². The van der Waals surface area contributed by atoms with Gasteiger partial charge in [0.25, 0.3) is 0 Å². The quantitative estimate of drug-likeness (QED) is 0.560. The molecule has 2 rings (SSSR count). The Hall–Kier alpha value is -1.56. The number of hydrogen-bond acceptors (Lipinski definition) is 3. The van der Waals surface area contributed by atoms with Crippen LogP contribution in [0.1, 0.15) is 49.3 Å². The Bertz CT molecular complexity index is 555. The van der Waals surface area contributed by atoms with Gasteiger partial charge in [-0.2, -0.15) is 0 Å². The van der Waals surface area contributed by atoms with Crippen LogP contribution in [0.4, 0.5) is 0 Å². The van der Waals surface area contributed by atoms with Crippen molar-refractivity contribution in [3.05, 3.63) is 21.9 Å². The van der Waals surface area contributed by atoms with Crippen molar-refractivity contribution in [1.82, 2.24) is 15.5 Å². The molecule has 0 aliphatic carbocycles. The summed E-state index contributed by atoms with van der Waals surface area (Å²) in [5.74, 6) is 1.14. The Morgan fingerprint density at radius 2 is 2.12 bits per heavy atom. The number of carbonyl (C=O) groups is 1. The molecule has 0 aromatic carbocycles. The van der Waals surface area contributed by atoms with Gasteiger partial charge in [-0.15, -0.1) is 11.3 Å². The molecule has 6 heteroatoms. The number of likely N-dealkylation sites (tertiary alicyclic amines) is 1. The zero-order valence-corrected chi connectivity index (χ0v) is 15.9. The molecule has 134 valence electrons. The second kappa shape index (κ2) is 9.67. The van der Waals surface area contributed by atoms with Crippen molar-refractivity contribution < 1.29 is 4.79 Å². The Morgan fingerprint density at radius 1 is 1.33 bits per heavy atom. The van der Waals surface area contributed by atoms with Gasteiger partial charge in [0.15, 0.2) is 5.96 Å². The number of aliphatic imine (C=N–C) groups is 1. The number of rotatable bonds is 8. The number of carbonyl (C=O) groups excluding carboxylic acids is 1. The first-order valence-electron chi connectivity index (χ1n) is 8.99. The number of guanidine groups is 1. The van der Waals surface area contributed by atoms with E-state index in [0.29, 0.717) is 18.4 Å². The molecule has 1 aliphatic rings. The van der Waals surface area contributed by atoms with Crippen molar-refractivity contribution in [2.75, 3.05) is 20.1 Å². The number of nitrogens with one attached hydrogen (secondary N) is 2. The van der Waals surface area contributed by atoms with Gasteiger partial charge in [0.05, 0.1) is 6.54 Å². The largest absolute Gasteiger partial charge is 0.356 e. The summed E-state index contributed by atoms with van der Waals surface area (Å²) in [6.45, 7) is 6.88. The molecular formula is C18H30N4OS. The highest BCUT2D eigenvalue weighted by atomic mass is 32.1. The minimum absolute atomic E-state index is 0.314. The third-order valence-electron chi connectivity index (χ3n) is 4.51. The molecule has 1 amide bonds. The van der Waals surface area contributed by atoms with E-state index >= 15 is 0 Å². The fourth-order valence-electron chi connectivity index (χ4n) is 3.09. The third-order valence-corrected chi connectivity index (χ3v) is 5.74. The van der Waals surface area contributed by atoms with E-state index in [0.717, 1.165) is 51.3 Å². The zero-order valence-electron chi connectivity index (χ0n) is 15.1. The lowest BCUT2D eigenvalue weighted by molar-refractivity contribution is -0.129. The van der Waals surface area contributed by atoms with E-state index in [4.69, 9.17) is 0 Å². The molecule has 0 radical (unpaired) electrons. The molecular weight excluding hydrogens is 320 g/mol. The number of aryl methyl sites for hydroxylation is 1. The van der Waals surface area contributed by atoms with E-state index < -0.39 is 0 Å². The molecule has 1 unspecified atom stereocenters. The van der Waals surface area contributed by atoms with Gasteiger partial charge in [0.2, 0.25) is 5.91 Å². The molecule has 1 aromatic rings. The van der Waals surface area contributed by atoms with Crippen LogP contribution in [0.3, 0.4) is 0 Å². The summed E-state index contributed by atoms with van der Waals surface area (Å²) in [5, 5.41) is 6.73. The monoisotopic (exact) mass is 350 g/mol. The SMILES string of the molecule is CCc1ccc(CNC(=NC)NCCC(CC)N2CCCC2=O)s1. The topological polar surface area (TPSA) is 56.7 Å². The average molecular weight is 351 g/mol. The lowest BCUT2D eigenvalue weighted by Gasteiger charge is -2.27. The van der Waals surface area contributed by atoms with Crippen molar-refractivity contribution in [2.24, 2.45) is 4.99 Å². The minimum atomic E-state index is 0.314. The first-order chi connectivity index (χ1) is 11.7. The molecule has 0 spiro atoms. The Balaban J connectivity index is 1.73. The van der Waals surface area contributed by atoms with Gasteiger partial charge in [-0.25, -0.2) is 0 Å². The summed E-state index contributed by atoms with van der Waals surface area (Å²) in [4.78, 5) is 21.0. The van der Waals surface area contributed by atoms with Crippen molar-refractivity contribution in [2.45, 2.75) is 58.5 Å². The van der Waals surface area contributed by atoms with Crippen LogP contribution >= 0.6 is 11.3 Å². The van der Waals surface area contributed by atoms with Crippen LogP contribution in [0.2, 0.25) is 0 Å². The maximum absolute atomic E-state index is 11.9. The lowest BCUT2D eigenvalue weighted by atomic mass is 10.1. The highest BCUT2D eigenvalue weighted by Gasteiger charge is 2.26. The van der Waals surface area contributed by atoms with Crippen molar-refractivity contribution >= 4 is 23.2 Å². The fraction of sp³-hybridized carbons (Fsp3) is 0.667. The lowest BCUT2D eigenvalue weighted by Crippen LogP contribution is -2.41. The molecule has 1 atom stereocenters. The Kier molecular flexibility index (Phi) is 7.56. The molecule has 1 aromatic heterocycles. The summed E-state index contributed by atoms with van der Waals surface area (Å²) in [7, 11) is 1.79. The molecule has 2 heterocycles. The second-order valence-corrected chi connectivity index (χ2v) is 7.37. The van der Waals surface area contributed by atoms with E-state index in [1.165, 1.54) is 9.75 Å². The van der Waals surface area contributed by atoms with Crippen LogP contribution < -0.4 is 10.6 Å². The molecule has 1 aliphatic heterocycles. The molecule has 1 fully saturated rings. The number of thiophene rings is 1. The van der Waals surface area contributed by atoms with E-state index in [1.807, 2.05) is 11.3 Å². The van der Waals surface area contributed by atoms with E-state index in [1.54, 1.807) is 7.05 Å². The standard InChI is InChI=1S/C18H30N4OS/c1-4-14(22-12-6-7-17(22)23)10-11-20-18(19-3)21-13-16-9-8-15(5-2)24-16/h8-9,14H,4-7,10-13H2,1-3H3,(H2,19,20,21). The van der Waals surface area contributed by atoms with Crippen LogP contribution in [-0.2, 0) is 17.8 Å². The molecule has 1 saturated heterocycles. The zero-order chi connectivity index (χ0) is 17.4. The van der Waals surface area contributed by atoms with Crippen LogP contribution in [-0.4, -0.2) is 42.9 Å². The van der Waals surface area contributed by atoms with Crippen molar-refractivity contribution in [3.8, 4) is 0 Å². The van der Waals surface area contributed by atoms with Crippen LogP contribution in [0.15, 0.2) is 17.1 Å². The van der Waals surface area contributed by atoms with Gasteiger partial charge in [-0.1, -0.05) is 13.8 Å². The van der Waals surface area contributed by atoms with Gasteiger partial charge < -0.3 is 15.5 Å². The summed E-state index contributed by atoms with van der Waals surface area (Å²) in [5.41, 5.74) is 0. The fourth-order valence-corrected chi connectivity index (χ4v) is 3.99. The van der Waals surface area contributed by atoms with E-state index in [2.05, 4.69) is 46.5 Å². The van der Waals surface area contributed by atoms with Gasteiger partial charge in [0, 0.05) is 42.4 Å². The summed E-state index contributed by atoms with van der Waals surface area (Å²) < 4.78 is 0. The van der Waals surface area contributed by atoms with Gasteiger partial charge >= 0.3 is 0 Å². The minimum Gasteiger partial charge on any atom is -0.356 e. The van der Waals surface area contributed by atoms with Crippen LogP contribution in [0.25, 0.3) is 0 Å². The van der Waals surface area contributed by atoms with Gasteiger partial charge in [-0.05, 0) is 37.8 Å². The highest BCUT2D eigenvalue weighted by Crippen LogP contribution is 2.18. The molecule has 24 heavy (non-hydrogen) atoms. The summed E-state index contributed by atoms with van der Waals surface area (Å²) in [6.07, 6.45) is 4.78. The van der Waals surface area contributed by atoms with Crippen LogP contribution in [0, 0.1) is 0 Å². The molecule has 0 saturated carbocycles. The predicted octanol–water partition coefficient (Wildman–Crippen LogP) is 2.77. The highest BCUT2D eigenvalue weighted by molar-refractivity contribution is 7.11. The Labute approximate surface area is 149 Å². The second-order valence-electron chi connectivity index (χ2n) is 6.12. The predicted molar refractivity (Wildman–Crippen MR) is 102 cm³/mol. The summed E-state index contributed by atoms with van der Waals surface area (Å²) in [6, 6.07) is 4.71. The maximum Gasteiger partial charge on any atom is 0.222 e. The molecule has 5 nitrogen and oxygen atoms in total. The first kappa shape index (κ1) is 18.8. The van der Waals surface area contributed by atoms with Crippen molar-refractivity contribution in [3.63, 3.8) is 0 Å². The van der Waals surface area contributed by atoms with E-state index in [-0.39, 0.29) is 0 Å². The number of hydrogen-bond donors (Lipinski definition) is 2.